The lowest BCUT2D eigenvalue weighted by atomic mass is 9.67. The summed E-state index contributed by atoms with van der Waals surface area (Å²) >= 11 is 0. The molecule has 1 fully saturated rings. The minimum Gasteiger partial charge on any atom is -0.304 e. The Labute approximate surface area is 109 Å². The van der Waals surface area contributed by atoms with Gasteiger partial charge in [0.25, 0.3) is 0 Å². The quantitative estimate of drug-likeness (QED) is 0.697. The molecule has 0 bridgehead atoms. The first-order valence-corrected chi connectivity index (χ1v) is 7.34. The highest BCUT2D eigenvalue weighted by molar-refractivity contribution is 4.95. The molecule has 17 heavy (non-hydrogen) atoms. The summed E-state index contributed by atoms with van der Waals surface area (Å²) in [5, 5.41) is 0. The highest BCUT2D eigenvalue weighted by Gasteiger charge is 2.40. The predicted octanol–water partition coefficient (Wildman–Crippen LogP) is 4.57. The second-order valence-electron chi connectivity index (χ2n) is 7.94. The molecule has 0 N–H and O–H groups in total. The van der Waals surface area contributed by atoms with E-state index in [0.29, 0.717) is 11.0 Å². The van der Waals surface area contributed by atoms with Crippen molar-refractivity contribution in [1.82, 2.24) is 4.90 Å². The Bertz CT molecular complexity index is 226. The maximum Gasteiger partial charge on any atom is 0.0208 e. The fraction of sp³-hybridized carbons (Fsp3) is 1.00. The summed E-state index contributed by atoms with van der Waals surface area (Å²) in [5.41, 5.74) is 0.901. The minimum absolute atomic E-state index is 0.439. The van der Waals surface area contributed by atoms with Gasteiger partial charge in [-0.05, 0) is 63.5 Å². The fourth-order valence-electron chi connectivity index (χ4n) is 3.61. The summed E-state index contributed by atoms with van der Waals surface area (Å²) in [6.07, 6.45) is 6.95. The van der Waals surface area contributed by atoms with Crippen LogP contribution in [0.15, 0.2) is 0 Å². The summed E-state index contributed by atoms with van der Waals surface area (Å²) in [7, 11) is 4.56. The molecule has 0 radical (unpaired) electrons. The van der Waals surface area contributed by atoms with Crippen molar-refractivity contribution in [1.29, 1.82) is 0 Å². The smallest absolute Gasteiger partial charge is 0.0208 e. The molecule has 0 heterocycles. The third kappa shape index (κ3) is 3.98. The Morgan fingerprint density at radius 3 is 1.88 bits per heavy atom. The number of nitrogens with zero attached hydrogens (tertiary/aromatic N) is 1. The van der Waals surface area contributed by atoms with Gasteiger partial charge in [0.1, 0.15) is 0 Å². The molecule has 0 aromatic heterocycles. The van der Waals surface area contributed by atoms with Crippen LogP contribution in [-0.2, 0) is 0 Å². The lowest BCUT2D eigenvalue weighted by molar-refractivity contribution is 0.0320. The first-order chi connectivity index (χ1) is 7.66. The highest BCUT2D eigenvalue weighted by Crippen LogP contribution is 2.44. The van der Waals surface area contributed by atoms with Gasteiger partial charge in [-0.15, -0.1) is 0 Å². The van der Waals surface area contributed by atoms with Crippen LogP contribution in [0.3, 0.4) is 0 Å². The average molecular weight is 239 g/mol. The van der Waals surface area contributed by atoms with E-state index in [1.165, 1.54) is 32.1 Å². The van der Waals surface area contributed by atoms with Crippen molar-refractivity contribution in [3.8, 4) is 0 Å². The maximum atomic E-state index is 2.51. The zero-order chi connectivity index (χ0) is 13.3. The molecule has 0 atom stereocenters. The monoisotopic (exact) mass is 239 g/mol. The molecule has 1 heteroatoms. The average Bonchev–Trinajstić information content (AvgIpc) is 2.15. The fourth-order valence-corrected chi connectivity index (χ4v) is 3.61. The molecular weight excluding hydrogens is 206 g/mol. The topological polar surface area (TPSA) is 3.24 Å². The lowest BCUT2D eigenvalue weighted by Gasteiger charge is -2.49. The van der Waals surface area contributed by atoms with Crippen LogP contribution in [0.25, 0.3) is 0 Å². The van der Waals surface area contributed by atoms with Crippen LogP contribution in [-0.4, -0.2) is 24.5 Å². The molecule has 1 aliphatic carbocycles. The molecule has 0 aliphatic heterocycles. The van der Waals surface area contributed by atoms with Crippen molar-refractivity contribution < 1.29 is 0 Å². The number of hydrogen-bond acceptors (Lipinski definition) is 1. The highest BCUT2D eigenvalue weighted by atomic mass is 15.1. The van der Waals surface area contributed by atoms with Crippen LogP contribution >= 0.6 is 0 Å². The number of rotatable bonds is 3. The van der Waals surface area contributed by atoms with Gasteiger partial charge in [0.2, 0.25) is 0 Å². The Morgan fingerprint density at radius 2 is 1.59 bits per heavy atom. The van der Waals surface area contributed by atoms with E-state index in [4.69, 9.17) is 0 Å². The van der Waals surface area contributed by atoms with Gasteiger partial charge in [-0.3, -0.25) is 0 Å². The molecule has 1 aliphatic rings. The molecule has 0 amide bonds. The first-order valence-electron chi connectivity index (χ1n) is 7.34. The molecular formula is C16H33N. The second-order valence-corrected chi connectivity index (χ2v) is 7.94. The number of hydrogen-bond donors (Lipinski definition) is 0. The van der Waals surface area contributed by atoms with E-state index in [1.807, 2.05) is 0 Å². The molecule has 0 aromatic carbocycles. The summed E-state index contributed by atoms with van der Waals surface area (Å²) in [6, 6.07) is 0. The second kappa shape index (κ2) is 5.30. The van der Waals surface area contributed by atoms with Crippen LogP contribution in [0.4, 0.5) is 0 Å². The predicted molar refractivity (Wildman–Crippen MR) is 77.3 cm³/mol. The first kappa shape index (κ1) is 15.0. The summed E-state index contributed by atoms with van der Waals surface area (Å²) in [6.45, 7) is 11.9. The Kier molecular flexibility index (Phi) is 4.68. The van der Waals surface area contributed by atoms with E-state index < -0.39 is 0 Å². The molecule has 1 nitrogen and oxygen atoms in total. The van der Waals surface area contributed by atoms with Gasteiger partial charge in [0.15, 0.2) is 0 Å². The largest absolute Gasteiger partial charge is 0.304 e. The van der Waals surface area contributed by atoms with Crippen molar-refractivity contribution in [3.63, 3.8) is 0 Å². The SMILES string of the molecule is CC(C)C1CCC(CC(C)(C)C)(N(C)C)CC1. The molecule has 1 saturated carbocycles. The van der Waals surface area contributed by atoms with Crippen molar-refractivity contribution in [2.24, 2.45) is 17.3 Å². The van der Waals surface area contributed by atoms with E-state index in [2.05, 4.69) is 53.6 Å². The Morgan fingerprint density at radius 1 is 1.12 bits per heavy atom. The van der Waals surface area contributed by atoms with Gasteiger partial charge in [0, 0.05) is 5.54 Å². The van der Waals surface area contributed by atoms with E-state index in [0.717, 1.165) is 11.8 Å². The van der Waals surface area contributed by atoms with Gasteiger partial charge in [-0.25, -0.2) is 0 Å². The Balaban J connectivity index is 2.70. The van der Waals surface area contributed by atoms with Crippen LogP contribution in [0.2, 0.25) is 0 Å². The lowest BCUT2D eigenvalue weighted by Crippen LogP contribution is -2.49. The molecule has 0 aromatic rings. The van der Waals surface area contributed by atoms with Crippen LogP contribution in [0.1, 0.15) is 66.7 Å². The van der Waals surface area contributed by atoms with Gasteiger partial charge in [0.05, 0.1) is 0 Å². The van der Waals surface area contributed by atoms with E-state index >= 15 is 0 Å². The van der Waals surface area contributed by atoms with Gasteiger partial charge < -0.3 is 4.90 Å². The van der Waals surface area contributed by atoms with Crippen molar-refractivity contribution in [3.05, 3.63) is 0 Å². The van der Waals surface area contributed by atoms with Gasteiger partial charge in [-0.1, -0.05) is 34.6 Å². The van der Waals surface area contributed by atoms with Crippen LogP contribution < -0.4 is 0 Å². The third-order valence-electron chi connectivity index (χ3n) is 4.71. The van der Waals surface area contributed by atoms with Crippen molar-refractivity contribution in [2.75, 3.05) is 14.1 Å². The van der Waals surface area contributed by atoms with E-state index in [-0.39, 0.29) is 0 Å². The molecule has 102 valence electrons. The minimum atomic E-state index is 0.439. The van der Waals surface area contributed by atoms with Gasteiger partial charge in [-0.2, -0.15) is 0 Å². The van der Waals surface area contributed by atoms with Crippen molar-refractivity contribution in [2.45, 2.75) is 72.3 Å². The molecule has 0 unspecified atom stereocenters. The summed E-state index contributed by atoms with van der Waals surface area (Å²) in [5.74, 6) is 1.83. The van der Waals surface area contributed by atoms with Crippen molar-refractivity contribution >= 4 is 0 Å². The maximum absolute atomic E-state index is 2.51. The summed E-state index contributed by atoms with van der Waals surface area (Å²) in [4.78, 5) is 2.51. The standard InChI is InChI=1S/C16H33N/c1-13(2)14-8-10-16(11-9-14,17(6)7)12-15(3,4)5/h13-14H,8-12H2,1-7H3. The van der Waals surface area contributed by atoms with Crippen LogP contribution in [0, 0.1) is 17.3 Å². The zero-order valence-corrected chi connectivity index (χ0v) is 13.1. The molecule has 1 rings (SSSR count). The van der Waals surface area contributed by atoms with E-state index in [9.17, 15) is 0 Å². The molecule has 0 spiro atoms. The Hall–Kier alpha value is -0.0400. The van der Waals surface area contributed by atoms with E-state index in [1.54, 1.807) is 0 Å². The third-order valence-corrected chi connectivity index (χ3v) is 4.71. The molecule has 0 saturated heterocycles. The normalized spacial score (nSPS) is 31.2. The summed E-state index contributed by atoms with van der Waals surface area (Å²) < 4.78 is 0. The van der Waals surface area contributed by atoms with Gasteiger partial charge >= 0.3 is 0 Å². The zero-order valence-electron chi connectivity index (χ0n) is 13.1. The van der Waals surface area contributed by atoms with Crippen LogP contribution in [0.5, 0.6) is 0 Å².